The molecule has 0 radical (unpaired) electrons. The van der Waals surface area contributed by atoms with Crippen LogP contribution in [-0.4, -0.2) is 25.2 Å². The lowest BCUT2D eigenvalue weighted by Gasteiger charge is -2.03. The van der Waals surface area contributed by atoms with E-state index in [1.165, 1.54) is 12.5 Å². The first-order chi connectivity index (χ1) is 8.09. The topological polar surface area (TPSA) is 114 Å². The van der Waals surface area contributed by atoms with E-state index in [-0.39, 0.29) is 17.3 Å². The van der Waals surface area contributed by atoms with Gasteiger partial charge in [0.1, 0.15) is 16.5 Å². The minimum Gasteiger partial charge on any atom is -0.469 e. The van der Waals surface area contributed by atoms with Gasteiger partial charge < -0.3 is 10.2 Å². The molecule has 2 rings (SSSR count). The number of hydrogen-bond donors (Lipinski definition) is 3. The van der Waals surface area contributed by atoms with Crippen LogP contribution in [-0.2, 0) is 16.4 Å². The first-order valence-corrected chi connectivity index (χ1v) is 6.39. The highest BCUT2D eigenvalue weighted by Crippen LogP contribution is 2.13. The lowest BCUT2D eigenvalue weighted by atomic mass is 10.3. The maximum Gasteiger partial charge on any atom is 0.245 e. The third kappa shape index (κ3) is 2.66. The van der Waals surface area contributed by atoms with Gasteiger partial charge in [-0.3, -0.25) is 5.10 Å². The third-order valence-corrected chi connectivity index (χ3v) is 3.65. The summed E-state index contributed by atoms with van der Waals surface area (Å²) >= 11 is 0. The number of H-pyrrole nitrogens is 1. The van der Waals surface area contributed by atoms with Gasteiger partial charge >= 0.3 is 0 Å². The van der Waals surface area contributed by atoms with Crippen LogP contribution >= 0.6 is 0 Å². The summed E-state index contributed by atoms with van der Waals surface area (Å²) in [6, 6.07) is 3.53. The van der Waals surface area contributed by atoms with E-state index in [2.05, 4.69) is 14.9 Å². The van der Waals surface area contributed by atoms with E-state index in [4.69, 9.17) is 10.2 Å². The fourth-order valence-electron chi connectivity index (χ4n) is 1.34. The Morgan fingerprint density at radius 3 is 2.94 bits per heavy atom. The Balaban J connectivity index is 1.97. The molecule has 0 bridgehead atoms. The first-order valence-electron chi connectivity index (χ1n) is 4.90. The molecule has 0 aliphatic heterocycles. The second-order valence-corrected chi connectivity index (χ2v) is 5.11. The summed E-state index contributed by atoms with van der Waals surface area (Å²) in [5.41, 5.74) is 5.44. The number of nitrogens with zero attached hydrogens (tertiary/aromatic N) is 1. The Kier molecular flexibility index (Phi) is 3.16. The molecule has 7 nitrogen and oxygen atoms in total. The third-order valence-electron chi connectivity index (χ3n) is 2.17. The molecular weight excluding hydrogens is 244 g/mol. The number of sulfonamides is 1. The molecule has 0 saturated heterocycles. The van der Waals surface area contributed by atoms with Gasteiger partial charge in [-0.2, -0.15) is 5.10 Å². The summed E-state index contributed by atoms with van der Waals surface area (Å²) in [5, 5.41) is 5.93. The molecule has 0 spiro atoms. The van der Waals surface area contributed by atoms with Crippen molar-refractivity contribution < 1.29 is 12.8 Å². The van der Waals surface area contributed by atoms with Crippen molar-refractivity contribution in [3.05, 3.63) is 30.4 Å². The molecule has 4 N–H and O–H groups in total. The molecule has 2 aromatic rings. The van der Waals surface area contributed by atoms with Crippen LogP contribution in [0.5, 0.6) is 0 Å². The molecule has 0 aromatic carbocycles. The summed E-state index contributed by atoms with van der Waals surface area (Å²) < 4.78 is 31.0. The Hall–Kier alpha value is -1.80. The van der Waals surface area contributed by atoms with Crippen molar-refractivity contribution in [2.45, 2.75) is 11.3 Å². The largest absolute Gasteiger partial charge is 0.469 e. The zero-order valence-electron chi connectivity index (χ0n) is 8.88. The van der Waals surface area contributed by atoms with Gasteiger partial charge in [0.15, 0.2) is 0 Å². The van der Waals surface area contributed by atoms with Gasteiger partial charge in [-0.25, -0.2) is 13.1 Å². The van der Waals surface area contributed by atoms with Gasteiger partial charge in [0.2, 0.25) is 10.0 Å². The number of nitrogens with two attached hydrogens (primary N) is 1. The highest BCUT2D eigenvalue weighted by atomic mass is 32.2. The Labute approximate surface area is 98.1 Å². The molecule has 0 aliphatic rings. The van der Waals surface area contributed by atoms with Crippen LogP contribution in [0.1, 0.15) is 5.76 Å². The van der Waals surface area contributed by atoms with Crippen LogP contribution in [0, 0.1) is 0 Å². The smallest absolute Gasteiger partial charge is 0.245 e. The lowest BCUT2D eigenvalue weighted by Crippen LogP contribution is -2.26. The SMILES string of the molecule is Nc1[nH]ncc1S(=O)(=O)NCCc1ccco1. The van der Waals surface area contributed by atoms with Gasteiger partial charge in [-0.05, 0) is 12.1 Å². The van der Waals surface area contributed by atoms with E-state index in [9.17, 15) is 8.42 Å². The number of nitrogen functional groups attached to an aromatic ring is 1. The van der Waals surface area contributed by atoms with Gasteiger partial charge in [0.25, 0.3) is 0 Å². The van der Waals surface area contributed by atoms with Gasteiger partial charge in [0.05, 0.1) is 12.5 Å². The predicted octanol–water partition coefficient (Wildman–Crippen LogP) is 0.106. The van der Waals surface area contributed by atoms with E-state index < -0.39 is 10.0 Å². The molecule has 8 heteroatoms. The molecular formula is C9H12N4O3S. The van der Waals surface area contributed by atoms with Crippen LogP contribution in [0.4, 0.5) is 5.82 Å². The van der Waals surface area contributed by atoms with Gasteiger partial charge in [-0.1, -0.05) is 0 Å². The molecule has 2 aromatic heterocycles. The van der Waals surface area contributed by atoms with Crippen molar-refractivity contribution in [3.63, 3.8) is 0 Å². The Morgan fingerprint density at radius 1 is 1.53 bits per heavy atom. The molecule has 0 fully saturated rings. The molecule has 0 saturated carbocycles. The second kappa shape index (κ2) is 4.60. The zero-order valence-corrected chi connectivity index (χ0v) is 9.70. The van der Waals surface area contributed by atoms with E-state index in [0.29, 0.717) is 12.2 Å². The molecule has 0 amide bonds. The fourth-order valence-corrected chi connectivity index (χ4v) is 2.39. The van der Waals surface area contributed by atoms with Crippen LogP contribution in [0.15, 0.2) is 33.9 Å². The molecule has 2 heterocycles. The maximum absolute atomic E-state index is 11.8. The standard InChI is InChI=1S/C9H12N4O3S/c10-9-8(6-11-13-9)17(14,15)12-4-3-7-2-1-5-16-7/h1-2,5-6,12H,3-4H2,(H3,10,11,13). The van der Waals surface area contributed by atoms with E-state index in [1.54, 1.807) is 12.1 Å². The van der Waals surface area contributed by atoms with Crippen molar-refractivity contribution in [1.82, 2.24) is 14.9 Å². The number of hydrogen-bond acceptors (Lipinski definition) is 5. The fraction of sp³-hybridized carbons (Fsp3) is 0.222. The summed E-state index contributed by atoms with van der Waals surface area (Å²) in [6.07, 6.45) is 3.19. The maximum atomic E-state index is 11.8. The summed E-state index contributed by atoms with van der Waals surface area (Å²) in [6.45, 7) is 0.237. The highest BCUT2D eigenvalue weighted by Gasteiger charge is 2.18. The normalized spacial score (nSPS) is 11.8. The van der Waals surface area contributed by atoms with Crippen molar-refractivity contribution in [2.75, 3.05) is 12.3 Å². The minimum atomic E-state index is -3.61. The molecule has 0 atom stereocenters. The number of aromatic amines is 1. The highest BCUT2D eigenvalue weighted by molar-refractivity contribution is 7.89. The number of rotatable bonds is 5. The van der Waals surface area contributed by atoms with Crippen molar-refractivity contribution in [1.29, 1.82) is 0 Å². The molecule has 17 heavy (non-hydrogen) atoms. The van der Waals surface area contributed by atoms with Crippen molar-refractivity contribution in [3.8, 4) is 0 Å². The van der Waals surface area contributed by atoms with Crippen molar-refractivity contribution in [2.24, 2.45) is 0 Å². The first kappa shape index (κ1) is 11.7. The van der Waals surface area contributed by atoms with E-state index >= 15 is 0 Å². The number of nitrogens with one attached hydrogen (secondary N) is 2. The molecule has 0 aliphatic carbocycles. The summed E-state index contributed by atoms with van der Waals surface area (Å²) in [5.74, 6) is 0.739. The number of furan rings is 1. The second-order valence-electron chi connectivity index (χ2n) is 3.38. The monoisotopic (exact) mass is 256 g/mol. The minimum absolute atomic E-state index is 0.0236. The Morgan fingerprint density at radius 2 is 2.35 bits per heavy atom. The van der Waals surface area contributed by atoms with E-state index in [0.717, 1.165) is 0 Å². The van der Waals surface area contributed by atoms with Crippen LogP contribution in [0.3, 0.4) is 0 Å². The van der Waals surface area contributed by atoms with Gasteiger partial charge in [-0.15, -0.1) is 0 Å². The molecule has 0 unspecified atom stereocenters. The predicted molar refractivity (Wildman–Crippen MR) is 60.6 cm³/mol. The van der Waals surface area contributed by atoms with Crippen LogP contribution < -0.4 is 10.5 Å². The average molecular weight is 256 g/mol. The average Bonchev–Trinajstić information content (AvgIpc) is 2.88. The summed E-state index contributed by atoms with van der Waals surface area (Å²) in [4.78, 5) is -0.0445. The van der Waals surface area contributed by atoms with Gasteiger partial charge in [0, 0.05) is 13.0 Å². The quantitative estimate of drug-likeness (QED) is 0.702. The number of anilines is 1. The van der Waals surface area contributed by atoms with E-state index in [1.807, 2.05) is 0 Å². The van der Waals surface area contributed by atoms with Crippen LogP contribution in [0.25, 0.3) is 0 Å². The Bertz CT molecular complexity index is 573. The summed E-state index contributed by atoms with van der Waals surface area (Å²) in [7, 11) is -3.61. The number of aromatic nitrogens is 2. The zero-order chi connectivity index (χ0) is 12.3. The molecule has 92 valence electrons. The lowest BCUT2D eigenvalue weighted by molar-refractivity contribution is 0.506. The van der Waals surface area contributed by atoms with Crippen molar-refractivity contribution >= 4 is 15.8 Å². The van der Waals surface area contributed by atoms with Crippen LogP contribution in [0.2, 0.25) is 0 Å².